The number of phosphoric ester groups is 1. The van der Waals surface area contributed by atoms with Gasteiger partial charge in [-0.1, -0.05) is 49.4 Å². The minimum Gasteiger partial charge on any atom is -0.395 e. The first-order valence-electron chi connectivity index (χ1n) is 7.05. The Morgan fingerprint density at radius 1 is 1.00 bits per heavy atom. The lowest BCUT2D eigenvalue weighted by Gasteiger charge is -2.22. The van der Waals surface area contributed by atoms with Crippen molar-refractivity contribution in [1.29, 1.82) is 0 Å². The summed E-state index contributed by atoms with van der Waals surface area (Å²) in [4.78, 5) is 0. The summed E-state index contributed by atoms with van der Waals surface area (Å²) in [5.74, 6) is 0.835. The molecule has 0 spiro atoms. The fraction of sp³-hybridized carbons (Fsp3) is 0.176. The van der Waals surface area contributed by atoms with Gasteiger partial charge in [0.2, 0.25) is 0 Å². The molecule has 0 aliphatic rings. The van der Waals surface area contributed by atoms with E-state index in [1.54, 1.807) is 54.6 Å². The number of hydrogen-bond acceptors (Lipinski definition) is 4. The summed E-state index contributed by atoms with van der Waals surface area (Å²) in [6, 6.07) is 17.6. The second-order valence-corrected chi connectivity index (χ2v) is 6.01. The third-order valence-electron chi connectivity index (χ3n) is 2.85. The predicted octanol–water partition coefficient (Wildman–Crippen LogP) is 5.23. The van der Waals surface area contributed by atoms with E-state index in [2.05, 4.69) is 6.58 Å². The van der Waals surface area contributed by atoms with E-state index < -0.39 is 13.9 Å². The molecule has 2 aromatic rings. The van der Waals surface area contributed by atoms with Gasteiger partial charge in [-0.15, -0.1) is 6.58 Å². The Morgan fingerprint density at radius 2 is 1.45 bits per heavy atom. The maximum Gasteiger partial charge on any atom is 0.588 e. The fourth-order valence-corrected chi connectivity index (χ4v) is 3.18. The van der Waals surface area contributed by atoms with Crippen molar-refractivity contribution >= 4 is 7.82 Å². The third kappa shape index (κ3) is 4.76. The Morgan fingerprint density at radius 3 is 1.82 bits per heavy atom. The van der Waals surface area contributed by atoms with Crippen LogP contribution < -0.4 is 9.05 Å². The molecule has 0 aliphatic carbocycles. The lowest BCUT2D eigenvalue weighted by atomic mass is 10.3. The van der Waals surface area contributed by atoms with Gasteiger partial charge in [0.25, 0.3) is 0 Å². The van der Waals surface area contributed by atoms with E-state index in [0.717, 1.165) is 0 Å². The molecule has 2 aromatic carbocycles. The summed E-state index contributed by atoms with van der Waals surface area (Å²) < 4.78 is 29.5. The van der Waals surface area contributed by atoms with E-state index in [4.69, 9.17) is 13.6 Å². The molecule has 4 nitrogen and oxygen atoms in total. The fourth-order valence-electron chi connectivity index (χ4n) is 1.73. The van der Waals surface area contributed by atoms with Crippen LogP contribution in [0.15, 0.2) is 73.3 Å². The zero-order valence-corrected chi connectivity index (χ0v) is 13.3. The lowest BCUT2D eigenvalue weighted by Crippen LogP contribution is -2.13. The summed E-state index contributed by atoms with van der Waals surface area (Å²) in [6.45, 7) is 5.58. The maximum absolute atomic E-state index is 13.0. The molecule has 1 atom stereocenters. The molecule has 0 saturated heterocycles. The van der Waals surface area contributed by atoms with Crippen molar-refractivity contribution in [2.45, 2.75) is 19.4 Å². The highest BCUT2D eigenvalue weighted by Gasteiger charge is 2.33. The second-order valence-electron chi connectivity index (χ2n) is 4.54. The van der Waals surface area contributed by atoms with Crippen molar-refractivity contribution in [1.82, 2.24) is 0 Å². The van der Waals surface area contributed by atoms with Crippen LogP contribution in [0.1, 0.15) is 13.3 Å². The van der Waals surface area contributed by atoms with Gasteiger partial charge in [0.15, 0.2) is 0 Å². The van der Waals surface area contributed by atoms with E-state index in [1.165, 1.54) is 0 Å². The summed E-state index contributed by atoms with van der Waals surface area (Å²) in [6.07, 6.45) is 1.78. The van der Waals surface area contributed by atoms with Gasteiger partial charge in [0, 0.05) is 0 Å². The van der Waals surface area contributed by atoms with Crippen molar-refractivity contribution in [3.63, 3.8) is 0 Å². The van der Waals surface area contributed by atoms with Gasteiger partial charge in [0.1, 0.15) is 11.5 Å². The molecule has 22 heavy (non-hydrogen) atoms. The number of rotatable bonds is 8. The van der Waals surface area contributed by atoms with Crippen LogP contribution in [0, 0.1) is 0 Å². The van der Waals surface area contributed by atoms with Gasteiger partial charge in [-0.3, -0.25) is 4.52 Å². The highest BCUT2D eigenvalue weighted by atomic mass is 31.2. The van der Waals surface area contributed by atoms with Crippen molar-refractivity contribution in [3.05, 3.63) is 73.3 Å². The van der Waals surface area contributed by atoms with Gasteiger partial charge in [-0.25, -0.2) is 4.57 Å². The number of hydrogen-bond donors (Lipinski definition) is 0. The molecule has 0 saturated carbocycles. The van der Waals surface area contributed by atoms with Crippen molar-refractivity contribution in [2.24, 2.45) is 0 Å². The first-order valence-corrected chi connectivity index (χ1v) is 8.51. The SMILES string of the molecule is C=CC(CC)OP(=O)(Oc1ccccc1)Oc1ccccc1. The van der Waals surface area contributed by atoms with Crippen LogP contribution in [0.2, 0.25) is 0 Å². The van der Waals surface area contributed by atoms with E-state index in [1.807, 2.05) is 19.1 Å². The van der Waals surface area contributed by atoms with Crippen LogP contribution in [-0.2, 0) is 9.09 Å². The average molecular weight is 318 g/mol. The molecular formula is C17H19O4P. The standard InChI is InChI=1S/C17H19O4P/c1-3-15(4-2)19-22(18,20-16-11-7-5-8-12-16)21-17-13-9-6-10-14-17/h3,5-15H,1,4H2,2H3. The van der Waals surface area contributed by atoms with E-state index in [9.17, 15) is 4.57 Å². The molecule has 0 fully saturated rings. The Labute approximate surface area is 131 Å². The zero-order valence-electron chi connectivity index (χ0n) is 12.4. The van der Waals surface area contributed by atoms with Crippen molar-refractivity contribution in [3.8, 4) is 11.5 Å². The first kappa shape index (κ1) is 16.3. The molecule has 2 rings (SSSR count). The summed E-state index contributed by atoms with van der Waals surface area (Å²) in [5.41, 5.74) is 0. The van der Waals surface area contributed by atoms with Gasteiger partial charge in [-0.05, 0) is 30.7 Å². The van der Waals surface area contributed by atoms with Crippen molar-refractivity contribution in [2.75, 3.05) is 0 Å². The van der Waals surface area contributed by atoms with Gasteiger partial charge in [0.05, 0.1) is 6.10 Å². The van der Waals surface area contributed by atoms with Crippen molar-refractivity contribution < 1.29 is 18.1 Å². The van der Waals surface area contributed by atoms with Crippen LogP contribution in [0.25, 0.3) is 0 Å². The molecular weight excluding hydrogens is 299 g/mol. The number of benzene rings is 2. The van der Waals surface area contributed by atoms with Crippen LogP contribution in [-0.4, -0.2) is 6.10 Å². The number of para-hydroxylation sites is 2. The topological polar surface area (TPSA) is 44.8 Å². The van der Waals surface area contributed by atoms with E-state index >= 15 is 0 Å². The van der Waals surface area contributed by atoms with Crippen LogP contribution >= 0.6 is 7.82 Å². The zero-order chi connectivity index (χ0) is 15.8. The highest BCUT2D eigenvalue weighted by Crippen LogP contribution is 2.50. The molecule has 0 heterocycles. The van der Waals surface area contributed by atoms with E-state index in [0.29, 0.717) is 17.9 Å². The maximum atomic E-state index is 13.0. The molecule has 0 radical (unpaired) electrons. The molecule has 0 aliphatic heterocycles. The molecule has 1 unspecified atom stereocenters. The molecule has 116 valence electrons. The average Bonchev–Trinajstić information content (AvgIpc) is 2.54. The first-order chi connectivity index (χ1) is 10.6. The highest BCUT2D eigenvalue weighted by molar-refractivity contribution is 7.49. The minimum atomic E-state index is -3.82. The van der Waals surface area contributed by atoms with Crippen LogP contribution in [0.4, 0.5) is 0 Å². The Hall–Kier alpha value is -2.03. The Bertz CT molecular complexity index is 582. The normalized spacial score (nSPS) is 12.4. The largest absolute Gasteiger partial charge is 0.588 e. The molecule has 0 amide bonds. The Kier molecular flexibility index (Phi) is 5.82. The summed E-state index contributed by atoms with van der Waals surface area (Å²) in [5, 5.41) is 0. The monoisotopic (exact) mass is 318 g/mol. The quantitative estimate of drug-likeness (QED) is 0.493. The van der Waals surface area contributed by atoms with Crippen LogP contribution in [0.3, 0.4) is 0 Å². The summed E-state index contributed by atoms with van der Waals surface area (Å²) >= 11 is 0. The molecule has 0 aromatic heterocycles. The molecule has 5 heteroatoms. The minimum absolute atomic E-state index is 0.417. The second kappa shape index (κ2) is 7.83. The third-order valence-corrected chi connectivity index (χ3v) is 4.25. The number of phosphoric acid groups is 1. The molecule has 0 N–H and O–H groups in total. The Balaban J connectivity index is 2.23. The van der Waals surface area contributed by atoms with Gasteiger partial charge in [-0.2, -0.15) is 0 Å². The lowest BCUT2D eigenvalue weighted by molar-refractivity contribution is 0.169. The van der Waals surface area contributed by atoms with Gasteiger partial charge < -0.3 is 9.05 Å². The smallest absolute Gasteiger partial charge is 0.395 e. The van der Waals surface area contributed by atoms with Gasteiger partial charge >= 0.3 is 7.82 Å². The summed E-state index contributed by atoms with van der Waals surface area (Å²) in [7, 11) is -3.82. The van der Waals surface area contributed by atoms with Crippen LogP contribution in [0.5, 0.6) is 11.5 Å². The predicted molar refractivity (Wildman–Crippen MR) is 87.1 cm³/mol. The van der Waals surface area contributed by atoms with E-state index in [-0.39, 0.29) is 0 Å². The molecule has 0 bridgehead atoms.